The fourth-order valence-electron chi connectivity index (χ4n) is 2.41. The van der Waals surface area contributed by atoms with Gasteiger partial charge in [-0.15, -0.1) is 11.3 Å². The molecule has 1 aromatic heterocycles. The molecule has 9 heteroatoms. The van der Waals surface area contributed by atoms with Crippen LogP contribution in [-0.4, -0.2) is 23.8 Å². The summed E-state index contributed by atoms with van der Waals surface area (Å²) >= 11 is 1.33. The van der Waals surface area contributed by atoms with Gasteiger partial charge in [0.05, 0.1) is 22.6 Å². The first-order valence-electron chi connectivity index (χ1n) is 8.06. The lowest BCUT2D eigenvalue weighted by Gasteiger charge is -2.10. The molecular formula is C19H15N3O5S. The normalized spacial score (nSPS) is 10.2. The van der Waals surface area contributed by atoms with Crippen LogP contribution in [0.5, 0.6) is 5.75 Å². The molecule has 0 unspecified atom stereocenters. The Bertz CT molecular complexity index is 1020. The molecule has 0 fully saturated rings. The van der Waals surface area contributed by atoms with E-state index in [9.17, 15) is 19.7 Å². The van der Waals surface area contributed by atoms with E-state index in [-0.39, 0.29) is 17.3 Å². The van der Waals surface area contributed by atoms with E-state index in [1.165, 1.54) is 36.6 Å². The lowest BCUT2D eigenvalue weighted by atomic mass is 10.1. The third kappa shape index (κ3) is 4.33. The van der Waals surface area contributed by atoms with Gasteiger partial charge < -0.3 is 15.4 Å². The average Bonchev–Trinajstić information content (AvgIpc) is 3.23. The zero-order valence-corrected chi connectivity index (χ0v) is 15.5. The number of rotatable bonds is 6. The molecule has 28 heavy (non-hydrogen) atoms. The van der Waals surface area contributed by atoms with Crippen molar-refractivity contribution in [3.8, 4) is 5.75 Å². The first kappa shape index (κ1) is 19.1. The van der Waals surface area contributed by atoms with Gasteiger partial charge in [0.2, 0.25) is 0 Å². The third-order valence-electron chi connectivity index (χ3n) is 3.79. The van der Waals surface area contributed by atoms with E-state index in [4.69, 9.17) is 4.74 Å². The highest BCUT2D eigenvalue weighted by molar-refractivity contribution is 7.12. The quantitative estimate of drug-likeness (QED) is 0.479. The van der Waals surface area contributed by atoms with Crippen LogP contribution < -0.4 is 15.4 Å². The summed E-state index contributed by atoms with van der Waals surface area (Å²) in [6.45, 7) is 0. The van der Waals surface area contributed by atoms with Crippen LogP contribution in [0.1, 0.15) is 20.0 Å². The number of carbonyl (C=O) groups excluding carboxylic acids is 2. The number of benzene rings is 2. The fourth-order valence-corrected chi connectivity index (χ4v) is 3.03. The molecule has 0 saturated carbocycles. The van der Waals surface area contributed by atoms with Gasteiger partial charge in [0, 0.05) is 23.4 Å². The summed E-state index contributed by atoms with van der Waals surface area (Å²) < 4.78 is 5.13. The molecule has 142 valence electrons. The van der Waals surface area contributed by atoms with E-state index < -0.39 is 10.8 Å². The highest BCUT2D eigenvalue weighted by atomic mass is 32.1. The number of hydrogen-bond donors (Lipinski definition) is 2. The van der Waals surface area contributed by atoms with Gasteiger partial charge in [-0.1, -0.05) is 6.07 Å². The molecule has 0 bridgehead atoms. The van der Waals surface area contributed by atoms with Crippen LogP contribution in [0.3, 0.4) is 0 Å². The number of nitro groups is 1. The van der Waals surface area contributed by atoms with Crippen molar-refractivity contribution in [1.82, 2.24) is 0 Å². The number of amides is 2. The minimum atomic E-state index is -0.555. The summed E-state index contributed by atoms with van der Waals surface area (Å²) in [6, 6.07) is 13.7. The minimum Gasteiger partial charge on any atom is -0.495 e. The maximum atomic E-state index is 12.5. The lowest BCUT2D eigenvalue weighted by Crippen LogP contribution is -2.14. The van der Waals surface area contributed by atoms with Crippen LogP contribution in [0.15, 0.2) is 60.0 Å². The van der Waals surface area contributed by atoms with E-state index in [0.29, 0.717) is 21.9 Å². The molecular weight excluding hydrogens is 382 g/mol. The maximum Gasteiger partial charge on any atom is 0.271 e. The molecule has 0 atom stereocenters. The minimum absolute atomic E-state index is 0.164. The van der Waals surface area contributed by atoms with Crippen molar-refractivity contribution in [2.45, 2.75) is 0 Å². The lowest BCUT2D eigenvalue weighted by molar-refractivity contribution is -0.384. The number of ether oxygens (including phenoxy) is 1. The molecule has 0 aliphatic heterocycles. The van der Waals surface area contributed by atoms with E-state index in [2.05, 4.69) is 10.6 Å². The molecule has 0 aliphatic carbocycles. The molecule has 0 aliphatic rings. The molecule has 8 nitrogen and oxygen atoms in total. The molecule has 3 rings (SSSR count). The summed E-state index contributed by atoms with van der Waals surface area (Å²) in [5.41, 5.74) is 0.894. The first-order valence-corrected chi connectivity index (χ1v) is 8.94. The van der Waals surface area contributed by atoms with Crippen molar-refractivity contribution >= 4 is 40.2 Å². The third-order valence-corrected chi connectivity index (χ3v) is 4.66. The van der Waals surface area contributed by atoms with Gasteiger partial charge >= 0.3 is 0 Å². The van der Waals surface area contributed by atoms with Crippen molar-refractivity contribution in [2.24, 2.45) is 0 Å². The predicted octanol–water partition coefficient (Wildman–Crippen LogP) is 4.17. The number of nitro benzene ring substituents is 1. The van der Waals surface area contributed by atoms with Crippen LogP contribution >= 0.6 is 11.3 Å². The van der Waals surface area contributed by atoms with Crippen molar-refractivity contribution in [3.63, 3.8) is 0 Å². The Morgan fingerprint density at radius 3 is 2.39 bits per heavy atom. The van der Waals surface area contributed by atoms with Crippen molar-refractivity contribution < 1.29 is 19.2 Å². The van der Waals surface area contributed by atoms with Crippen molar-refractivity contribution in [1.29, 1.82) is 0 Å². The standard InChI is InChI=1S/C19H15N3O5S/c1-27-16-9-8-14(22(25)26)11-15(16)21-18(23)12-4-6-13(7-5-12)20-19(24)17-3-2-10-28-17/h2-11H,1H3,(H,20,24)(H,21,23). The Hall–Kier alpha value is -3.72. The van der Waals surface area contributed by atoms with Crippen LogP contribution in [0.25, 0.3) is 0 Å². The molecule has 1 heterocycles. The van der Waals surface area contributed by atoms with E-state index >= 15 is 0 Å². The number of carbonyl (C=O) groups is 2. The monoisotopic (exact) mass is 397 g/mol. The maximum absolute atomic E-state index is 12.5. The first-order chi connectivity index (χ1) is 13.5. The second kappa shape index (κ2) is 8.31. The summed E-state index contributed by atoms with van der Waals surface area (Å²) in [6.07, 6.45) is 0. The summed E-state index contributed by atoms with van der Waals surface area (Å²) in [7, 11) is 1.40. The molecule has 0 saturated heterocycles. The second-order valence-electron chi connectivity index (χ2n) is 5.60. The van der Waals surface area contributed by atoms with Crippen LogP contribution in [-0.2, 0) is 0 Å². The SMILES string of the molecule is COc1ccc([N+](=O)[O-])cc1NC(=O)c1ccc(NC(=O)c2cccs2)cc1. The topological polar surface area (TPSA) is 111 Å². The fraction of sp³-hybridized carbons (Fsp3) is 0.0526. The van der Waals surface area contributed by atoms with Crippen LogP contribution in [0.4, 0.5) is 17.1 Å². The van der Waals surface area contributed by atoms with Gasteiger partial charge in [0.15, 0.2) is 0 Å². The van der Waals surface area contributed by atoms with E-state index in [1.54, 1.807) is 36.4 Å². The van der Waals surface area contributed by atoms with Crippen molar-refractivity contribution in [3.05, 3.63) is 80.5 Å². The molecule has 2 amide bonds. The summed E-state index contributed by atoms with van der Waals surface area (Å²) in [5, 5.41) is 18.1. The highest BCUT2D eigenvalue weighted by Crippen LogP contribution is 2.29. The number of nitrogens with one attached hydrogen (secondary N) is 2. The smallest absolute Gasteiger partial charge is 0.271 e. The molecule has 3 aromatic rings. The molecule has 0 radical (unpaired) electrons. The van der Waals surface area contributed by atoms with Gasteiger partial charge in [-0.2, -0.15) is 0 Å². The Balaban J connectivity index is 1.72. The van der Waals surface area contributed by atoms with Gasteiger partial charge in [0.25, 0.3) is 17.5 Å². The summed E-state index contributed by atoms with van der Waals surface area (Å²) in [5.74, 6) is -0.387. The molecule has 2 N–H and O–H groups in total. The van der Waals surface area contributed by atoms with E-state index in [1.807, 2.05) is 5.38 Å². The number of anilines is 2. The Labute approximate surface area is 163 Å². The van der Waals surface area contributed by atoms with Gasteiger partial charge in [-0.3, -0.25) is 19.7 Å². The highest BCUT2D eigenvalue weighted by Gasteiger charge is 2.15. The largest absolute Gasteiger partial charge is 0.495 e. The van der Waals surface area contributed by atoms with E-state index in [0.717, 1.165) is 0 Å². The van der Waals surface area contributed by atoms with Gasteiger partial charge in [-0.05, 0) is 41.8 Å². The Kier molecular flexibility index (Phi) is 5.66. The van der Waals surface area contributed by atoms with Crippen LogP contribution in [0.2, 0.25) is 0 Å². The Morgan fingerprint density at radius 1 is 1.04 bits per heavy atom. The number of non-ortho nitro benzene ring substituents is 1. The zero-order chi connectivity index (χ0) is 20.1. The molecule has 0 spiro atoms. The summed E-state index contributed by atoms with van der Waals surface area (Å²) in [4.78, 5) is 35.5. The van der Waals surface area contributed by atoms with Gasteiger partial charge in [-0.25, -0.2) is 0 Å². The number of nitrogens with zero attached hydrogens (tertiary/aromatic N) is 1. The van der Waals surface area contributed by atoms with Crippen molar-refractivity contribution in [2.75, 3.05) is 17.7 Å². The zero-order valence-electron chi connectivity index (χ0n) is 14.7. The second-order valence-corrected chi connectivity index (χ2v) is 6.55. The average molecular weight is 397 g/mol. The number of methoxy groups -OCH3 is 1. The number of thiophene rings is 1. The van der Waals surface area contributed by atoms with Crippen LogP contribution in [0, 0.1) is 10.1 Å². The van der Waals surface area contributed by atoms with Gasteiger partial charge in [0.1, 0.15) is 5.75 Å². The predicted molar refractivity (Wildman–Crippen MR) is 106 cm³/mol. The molecule has 2 aromatic carbocycles. The number of hydrogen-bond acceptors (Lipinski definition) is 6. The Morgan fingerprint density at radius 2 is 1.79 bits per heavy atom.